The van der Waals surface area contributed by atoms with E-state index in [2.05, 4.69) is 6.08 Å². The van der Waals surface area contributed by atoms with Gasteiger partial charge in [0, 0.05) is 0 Å². The number of aliphatic carboxylic acids is 1. The molecule has 1 N–H and O–H groups in total. The number of fused-ring (bicyclic) bond motifs is 1. The Morgan fingerprint density at radius 3 is 3.08 bits per heavy atom. The molecule has 0 saturated heterocycles. The third kappa shape index (κ3) is 1.77. The minimum Gasteiger partial charge on any atom is -0.481 e. The van der Waals surface area contributed by atoms with Crippen LogP contribution in [0.15, 0.2) is 11.6 Å². The van der Waals surface area contributed by atoms with E-state index in [1.807, 2.05) is 0 Å². The van der Waals surface area contributed by atoms with Crippen LogP contribution in [0, 0.1) is 11.8 Å². The number of carbonyl (C=O) groups is 1. The summed E-state index contributed by atoms with van der Waals surface area (Å²) in [7, 11) is 0. The second-order valence-electron chi connectivity index (χ2n) is 4.23. The molecule has 2 aliphatic carbocycles. The molecule has 0 bridgehead atoms. The molecule has 0 aliphatic heterocycles. The minimum absolute atomic E-state index is 0.105. The zero-order chi connectivity index (χ0) is 9.26. The largest absolute Gasteiger partial charge is 0.481 e. The number of hydrogen-bond acceptors (Lipinski definition) is 1. The molecule has 0 unspecified atom stereocenters. The molecule has 0 radical (unpaired) electrons. The maximum Gasteiger partial charge on any atom is 0.306 e. The molecule has 2 nitrogen and oxygen atoms in total. The van der Waals surface area contributed by atoms with E-state index in [0.29, 0.717) is 5.92 Å². The molecule has 2 heteroatoms. The Morgan fingerprint density at radius 1 is 1.46 bits per heavy atom. The molecule has 0 aromatic carbocycles. The van der Waals surface area contributed by atoms with Crippen molar-refractivity contribution in [3.8, 4) is 0 Å². The van der Waals surface area contributed by atoms with Gasteiger partial charge in [0.2, 0.25) is 0 Å². The lowest BCUT2D eigenvalue weighted by Gasteiger charge is -2.31. The summed E-state index contributed by atoms with van der Waals surface area (Å²) in [5, 5.41) is 8.90. The van der Waals surface area contributed by atoms with Crippen LogP contribution in [-0.2, 0) is 4.79 Å². The van der Waals surface area contributed by atoms with Crippen LogP contribution in [0.4, 0.5) is 0 Å². The predicted octanol–water partition coefficient (Wildman–Crippen LogP) is 2.60. The number of rotatable bonds is 1. The summed E-state index contributed by atoms with van der Waals surface area (Å²) in [5.41, 5.74) is 1.55. The Hall–Kier alpha value is -0.790. The van der Waals surface area contributed by atoms with E-state index < -0.39 is 5.97 Å². The molecule has 2 aliphatic rings. The second-order valence-corrected chi connectivity index (χ2v) is 4.23. The van der Waals surface area contributed by atoms with E-state index in [4.69, 9.17) is 5.11 Å². The Bertz CT molecular complexity index is 242. The molecule has 2 rings (SSSR count). The van der Waals surface area contributed by atoms with E-state index in [0.717, 1.165) is 12.8 Å². The van der Waals surface area contributed by atoms with Crippen molar-refractivity contribution in [2.24, 2.45) is 11.8 Å². The number of carboxylic acid groups (broad SMARTS) is 1. The quantitative estimate of drug-likeness (QED) is 0.630. The highest BCUT2D eigenvalue weighted by molar-refractivity contribution is 5.70. The van der Waals surface area contributed by atoms with Crippen LogP contribution in [0.1, 0.15) is 38.5 Å². The summed E-state index contributed by atoms with van der Waals surface area (Å²) in [5.74, 6) is -0.115. The molecule has 0 aromatic heterocycles. The molecular formula is C11H16O2. The Labute approximate surface area is 78.6 Å². The number of allylic oxidation sites excluding steroid dienone is 2. The number of carboxylic acids is 1. The fourth-order valence-electron chi connectivity index (χ4n) is 2.58. The van der Waals surface area contributed by atoms with Gasteiger partial charge in [0.25, 0.3) is 0 Å². The second kappa shape index (κ2) is 3.52. The lowest BCUT2D eigenvalue weighted by Crippen LogP contribution is -2.24. The van der Waals surface area contributed by atoms with Gasteiger partial charge in [0.05, 0.1) is 5.92 Å². The Morgan fingerprint density at radius 2 is 2.31 bits per heavy atom. The molecule has 1 saturated carbocycles. The average molecular weight is 180 g/mol. The molecule has 0 aromatic rings. The maximum absolute atomic E-state index is 10.8. The SMILES string of the molecule is O=C(O)[C@@H]1CC=C2CCCC[C@@H]2C1. The lowest BCUT2D eigenvalue weighted by atomic mass is 9.74. The van der Waals surface area contributed by atoms with Crippen LogP contribution in [0.5, 0.6) is 0 Å². The Kier molecular flexibility index (Phi) is 2.38. The zero-order valence-corrected chi connectivity index (χ0v) is 7.83. The molecule has 2 atom stereocenters. The molecule has 13 heavy (non-hydrogen) atoms. The highest BCUT2D eigenvalue weighted by Crippen LogP contribution is 2.38. The summed E-state index contributed by atoms with van der Waals surface area (Å²) in [6, 6.07) is 0. The van der Waals surface area contributed by atoms with Gasteiger partial charge < -0.3 is 5.11 Å². The first kappa shape index (κ1) is 8.79. The van der Waals surface area contributed by atoms with E-state index in [1.165, 1.54) is 25.7 Å². The van der Waals surface area contributed by atoms with Gasteiger partial charge in [-0.15, -0.1) is 0 Å². The van der Waals surface area contributed by atoms with Crippen molar-refractivity contribution in [1.82, 2.24) is 0 Å². The standard InChI is InChI=1S/C11H16O2/c12-11(13)10-6-5-8-3-1-2-4-9(8)7-10/h5,9-10H,1-4,6-7H2,(H,12,13)/t9-,10-/m1/s1. The van der Waals surface area contributed by atoms with Crippen molar-refractivity contribution in [2.45, 2.75) is 38.5 Å². The monoisotopic (exact) mass is 180 g/mol. The highest BCUT2D eigenvalue weighted by Gasteiger charge is 2.29. The summed E-state index contributed by atoms with van der Waals surface area (Å²) in [6.45, 7) is 0. The van der Waals surface area contributed by atoms with Gasteiger partial charge in [-0.1, -0.05) is 18.1 Å². The van der Waals surface area contributed by atoms with Gasteiger partial charge in [0.15, 0.2) is 0 Å². The van der Waals surface area contributed by atoms with E-state index >= 15 is 0 Å². The van der Waals surface area contributed by atoms with E-state index in [-0.39, 0.29) is 5.92 Å². The van der Waals surface area contributed by atoms with Crippen molar-refractivity contribution >= 4 is 5.97 Å². The fraction of sp³-hybridized carbons (Fsp3) is 0.727. The Balaban J connectivity index is 2.07. The minimum atomic E-state index is -0.610. The van der Waals surface area contributed by atoms with Crippen molar-refractivity contribution in [3.05, 3.63) is 11.6 Å². The molecule has 1 fully saturated rings. The maximum atomic E-state index is 10.8. The van der Waals surface area contributed by atoms with Crippen LogP contribution in [-0.4, -0.2) is 11.1 Å². The van der Waals surface area contributed by atoms with Gasteiger partial charge >= 0.3 is 5.97 Å². The first-order chi connectivity index (χ1) is 6.27. The summed E-state index contributed by atoms with van der Waals surface area (Å²) in [4.78, 5) is 10.8. The smallest absolute Gasteiger partial charge is 0.306 e. The predicted molar refractivity (Wildman–Crippen MR) is 50.4 cm³/mol. The first-order valence-electron chi connectivity index (χ1n) is 5.19. The van der Waals surface area contributed by atoms with Crippen molar-refractivity contribution in [2.75, 3.05) is 0 Å². The van der Waals surface area contributed by atoms with Crippen molar-refractivity contribution in [1.29, 1.82) is 0 Å². The van der Waals surface area contributed by atoms with Crippen molar-refractivity contribution < 1.29 is 9.90 Å². The van der Waals surface area contributed by atoms with Crippen LogP contribution in [0.2, 0.25) is 0 Å². The summed E-state index contributed by atoms with van der Waals surface area (Å²) in [6.07, 6.45) is 8.87. The number of hydrogen-bond donors (Lipinski definition) is 1. The van der Waals surface area contributed by atoms with Gasteiger partial charge in [-0.3, -0.25) is 4.79 Å². The topological polar surface area (TPSA) is 37.3 Å². The molecule has 0 heterocycles. The molecule has 72 valence electrons. The van der Waals surface area contributed by atoms with Crippen molar-refractivity contribution in [3.63, 3.8) is 0 Å². The van der Waals surface area contributed by atoms with Crippen LogP contribution in [0.25, 0.3) is 0 Å². The van der Waals surface area contributed by atoms with Gasteiger partial charge in [-0.25, -0.2) is 0 Å². The van der Waals surface area contributed by atoms with Gasteiger partial charge in [-0.05, 0) is 38.0 Å². The fourth-order valence-corrected chi connectivity index (χ4v) is 2.58. The molecule has 0 amide bonds. The summed E-state index contributed by atoms with van der Waals surface area (Å²) >= 11 is 0. The first-order valence-corrected chi connectivity index (χ1v) is 5.19. The van der Waals surface area contributed by atoms with E-state index in [9.17, 15) is 4.79 Å². The van der Waals surface area contributed by atoms with Gasteiger partial charge in [0.1, 0.15) is 0 Å². The van der Waals surface area contributed by atoms with E-state index in [1.54, 1.807) is 5.57 Å². The molecular weight excluding hydrogens is 164 g/mol. The zero-order valence-electron chi connectivity index (χ0n) is 7.83. The normalized spacial score (nSPS) is 33.4. The van der Waals surface area contributed by atoms with Gasteiger partial charge in [-0.2, -0.15) is 0 Å². The van der Waals surface area contributed by atoms with Crippen LogP contribution < -0.4 is 0 Å². The molecule has 0 spiro atoms. The third-order valence-corrected chi connectivity index (χ3v) is 3.38. The lowest BCUT2D eigenvalue weighted by molar-refractivity contribution is -0.142. The van der Waals surface area contributed by atoms with Crippen LogP contribution >= 0.6 is 0 Å². The summed E-state index contributed by atoms with van der Waals surface area (Å²) < 4.78 is 0. The average Bonchev–Trinajstić information content (AvgIpc) is 2.17. The van der Waals surface area contributed by atoms with Crippen LogP contribution in [0.3, 0.4) is 0 Å². The highest BCUT2D eigenvalue weighted by atomic mass is 16.4. The third-order valence-electron chi connectivity index (χ3n) is 3.38.